The molecule has 2 nitrogen and oxygen atoms in total. The van der Waals surface area contributed by atoms with E-state index in [1.54, 1.807) is 18.4 Å². The molecule has 1 unspecified atom stereocenters. The van der Waals surface area contributed by atoms with E-state index in [1.807, 2.05) is 31.3 Å². The first-order chi connectivity index (χ1) is 10.2. The van der Waals surface area contributed by atoms with E-state index in [4.69, 9.17) is 4.42 Å². The fourth-order valence-corrected chi connectivity index (χ4v) is 3.37. The Kier molecular flexibility index (Phi) is 2.82. The molecule has 0 saturated carbocycles. The summed E-state index contributed by atoms with van der Waals surface area (Å²) < 4.78 is 19.8. The van der Waals surface area contributed by atoms with Gasteiger partial charge in [0.25, 0.3) is 0 Å². The summed E-state index contributed by atoms with van der Waals surface area (Å²) in [6.45, 7) is 1.53. The Labute approximate surface area is 122 Å². The third-order valence-electron chi connectivity index (χ3n) is 4.34. The molecule has 0 fully saturated rings. The molecule has 0 aliphatic carbocycles. The lowest BCUT2D eigenvalue weighted by Crippen LogP contribution is -2.31. The van der Waals surface area contributed by atoms with Crippen LogP contribution in [0.4, 0.5) is 4.39 Å². The highest BCUT2D eigenvalue weighted by atomic mass is 19.1. The average Bonchev–Trinajstić information content (AvgIpc) is 2.96. The van der Waals surface area contributed by atoms with Crippen LogP contribution in [0.25, 0.3) is 11.0 Å². The molecule has 0 spiro atoms. The van der Waals surface area contributed by atoms with Gasteiger partial charge >= 0.3 is 0 Å². The molecule has 2 aromatic carbocycles. The summed E-state index contributed by atoms with van der Waals surface area (Å²) in [6.07, 6.45) is 1.72. The summed E-state index contributed by atoms with van der Waals surface area (Å²) in [4.78, 5) is 2.16. The SMILES string of the molecule is CN1Cc2c(F)cccc2C(c2cccc3ccoc23)C1. The average molecular weight is 281 g/mol. The van der Waals surface area contributed by atoms with Gasteiger partial charge in [0.2, 0.25) is 0 Å². The molecule has 1 aromatic heterocycles. The summed E-state index contributed by atoms with van der Waals surface area (Å²) in [7, 11) is 2.03. The quantitative estimate of drug-likeness (QED) is 0.666. The number of para-hydroxylation sites is 1. The molecule has 0 N–H and O–H groups in total. The van der Waals surface area contributed by atoms with Crippen LogP contribution in [0, 0.1) is 5.82 Å². The van der Waals surface area contributed by atoms with E-state index in [2.05, 4.69) is 11.0 Å². The van der Waals surface area contributed by atoms with Gasteiger partial charge in [-0.1, -0.05) is 30.3 Å². The number of hydrogen-bond acceptors (Lipinski definition) is 2. The normalized spacial score (nSPS) is 18.9. The maximum absolute atomic E-state index is 14.1. The first kappa shape index (κ1) is 12.6. The summed E-state index contributed by atoms with van der Waals surface area (Å²) in [6, 6.07) is 13.5. The van der Waals surface area contributed by atoms with Gasteiger partial charge < -0.3 is 9.32 Å². The number of halogens is 1. The Bertz CT molecular complexity index is 808. The van der Waals surface area contributed by atoms with Crippen molar-refractivity contribution in [3.8, 4) is 0 Å². The van der Waals surface area contributed by atoms with Gasteiger partial charge in [-0.05, 0) is 24.7 Å². The number of likely N-dealkylation sites (N-methyl/N-ethyl adjacent to an activating group) is 1. The summed E-state index contributed by atoms with van der Waals surface area (Å²) >= 11 is 0. The Balaban J connectivity index is 1.94. The van der Waals surface area contributed by atoms with Crippen molar-refractivity contribution in [3.63, 3.8) is 0 Å². The molecular formula is C18H16FNO. The molecule has 1 aliphatic rings. The van der Waals surface area contributed by atoms with Gasteiger partial charge in [0.1, 0.15) is 11.4 Å². The summed E-state index contributed by atoms with van der Waals surface area (Å²) in [5.74, 6) is 0.0277. The lowest BCUT2D eigenvalue weighted by molar-refractivity contribution is 0.288. The molecule has 0 radical (unpaired) electrons. The van der Waals surface area contributed by atoms with Crippen molar-refractivity contribution in [2.75, 3.05) is 13.6 Å². The molecule has 1 aliphatic heterocycles. The van der Waals surface area contributed by atoms with E-state index in [1.165, 1.54) is 0 Å². The van der Waals surface area contributed by atoms with Gasteiger partial charge in [-0.3, -0.25) is 0 Å². The van der Waals surface area contributed by atoms with Crippen LogP contribution in [0.3, 0.4) is 0 Å². The van der Waals surface area contributed by atoms with Gasteiger partial charge in [0.15, 0.2) is 0 Å². The Morgan fingerprint density at radius 2 is 1.90 bits per heavy atom. The van der Waals surface area contributed by atoms with Crippen molar-refractivity contribution >= 4 is 11.0 Å². The van der Waals surface area contributed by atoms with Gasteiger partial charge in [-0.25, -0.2) is 4.39 Å². The fraction of sp³-hybridized carbons (Fsp3) is 0.222. The second kappa shape index (κ2) is 4.71. The predicted molar refractivity (Wildman–Crippen MR) is 80.8 cm³/mol. The lowest BCUT2D eigenvalue weighted by Gasteiger charge is -2.32. The molecule has 1 atom stereocenters. The first-order valence-corrected chi connectivity index (χ1v) is 7.16. The van der Waals surface area contributed by atoms with Crippen LogP contribution in [0.5, 0.6) is 0 Å². The molecule has 0 saturated heterocycles. The van der Waals surface area contributed by atoms with Crippen LogP contribution >= 0.6 is 0 Å². The highest BCUT2D eigenvalue weighted by Gasteiger charge is 2.28. The molecule has 0 bridgehead atoms. The van der Waals surface area contributed by atoms with Crippen LogP contribution in [-0.2, 0) is 6.54 Å². The number of furan rings is 1. The van der Waals surface area contributed by atoms with E-state index in [0.29, 0.717) is 6.54 Å². The van der Waals surface area contributed by atoms with Crippen LogP contribution in [0.2, 0.25) is 0 Å². The van der Waals surface area contributed by atoms with Crippen molar-refractivity contribution in [1.82, 2.24) is 4.90 Å². The number of rotatable bonds is 1. The third kappa shape index (κ3) is 1.96. The number of benzene rings is 2. The van der Waals surface area contributed by atoms with E-state index in [-0.39, 0.29) is 11.7 Å². The summed E-state index contributed by atoms with van der Waals surface area (Å²) in [5.41, 5.74) is 3.93. The van der Waals surface area contributed by atoms with Crippen molar-refractivity contribution in [3.05, 3.63) is 71.2 Å². The van der Waals surface area contributed by atoms with Crippen molar-refractivity contribution in [2.45, 2.75) is 12.5 Å². The van der Waals surface area contributed by atoms with E-state index in [9.17, 15) is 4.39 Å². The number of fused-ring (bicyclic) bond motifs is 2. The van der Waals surface area contributed by atoms with Crippen molar-refractivity contribution in [2.24, 2.45) is 0 Å². The Morgan fingerprint density at radius 1 is 1.10 bits per heavy atom. The molecule has 21 heavy (non-hydrogen) atoms. The minimum atomic E-state index is -0.115. The number of hydrogen-bond donors (Lipinski definition) is 0. The molecule has 2 heterocycles. The monoisotopic (exact) mass is 281 g/mol. The van der Waals surface area contributed by atoms with Crippen molar-refractivity contribution in [1.29, 1.82) is 0 Å². The molecule has 3 heteroatoms. The minimum absolute atomic E-state index is 0.115. The number of nitrogens with zero attached hydrogens (tertiary/aromatic N) is 1. The maximum Gasteiger partial charge on any atom is 0.137 e. The van der Waals surface area contributed by atoms with Crippen LogP contribution in [0.1, 0.15) is 22.6 Å². The zero-order valence-electron chi connectivity index (χ0n) is 11.8. The second-order valence-electron chi connectivity index (χ2n) is 5.74. The standard InChI is InChI=1S/C18H16FNO/c1-20-10-15(13-5-3-7-17(19)16(13)11-20)14-6-2-4-12-8-9-21-18(12)14/h2-9,15H,10-11H2,1H3. The van der Waals surface area contributed by atoms with Gasteiger partial charge in [0.05, 0.1) is 6.26 Å². The third-order valence-corrected chi connectivity index (χ3v) is 4.34. The smallest absolute Gasteiger partial charge is 0.137 e. The predicted octanol–water partition coefficient (Wildman–Crippen LogP) is 4.15. The molecule has 106 valence electrons. The summed E-state index contributed by atoms with van der Waals surface area (Å²) in [5, 5.41) is 1.10. The zero-order chi connectivity index (χ0) is 14.4. The largest absolute Gasteiger partial charge is 0.464 e. The Morgan fingerprint density at radius 3 is 2.81 bits per heavy atom. The lowest BCUT2D eigenvalue weighted by atomic mass is 9.84. The fourth-order valence-electron chi connectivity index (χ4n) is 3.37. The Hall–Kier alpha value is -2.13. The molecule has 4 rings (SSSR count). The van der Waals surface area contributed by atoms with Gasteiger partial charge in [-0.2, -0.15) is 0 Å². The van der Waals surface area contributed by atoms with Gasteiger partial charge in [0, 0.05) is 35.5 Å². The minimum Gasteiger partial charge on any atom is -0.464 e. The second-order valence-corrected chi connectivity index (χ2v) is 5.74. The molecular weight excluding hydrogens is 265 g/mol. The first-order valence-electron chi connectivity index (χ1n) is 7.16. The highest BCUT2D eigenvalue weighted by molar-refractivity contribution is 5.81. The van der Waals surface area contributed by atoms with Crippen molar-refractivity contribution < 1.29 is 8.81 Å². The van der Waals surface area contributed by atoms with Crippen LogP contribution < -0.4 is 0 Å². The molecule has 0 amide bonds. The van der Waals surface area contributed by atoms with Crippen LogP contribution in [0.15, 0.2) is 53.1 Å². The topological polar surface area (TPSA) is 16.4 Å². The zero-order valence-corrected chi connectivity index (χ0v) is 11.8. The van der Waals surface area contributed by atoms with Crippen LogP contribution in [-0.4, -0.2) is 18.5 Å². The maximum atomic E-state index is 14.1. The molecule has 3 aromatic rings. The van der Waals surface area contributed by atoms with Gasteiger partial charge in [-0.15, -0.1) is 0 Å². The van der Waals surface area contributed by atoms with E-state index in [0.717, 1.165) is 34.2 Å². The van der Waals surface area contributed by atoms with E-state index >= 15 is 0 Å². The highest BCUT2D eigenvalue weighted by Crippen LogP contribution is 2.37. The van der Waals surface area contributed by atoms with E-state index < -0.39 is 0 Å².